The van der Waals surface area contributed by atoms with Gasteiger partial charge in [0.05, 0.1) is 12.0 Å². The summed E-state index contributed by atoms with van der Waals surface area (Å²) in [5.74, 6) is -0.516. The summed E-state index contributed by atoms with van der Waals surface area (Å²) >= 11 is 0.758. The highest BCUT2D eigenvalue weighted by atomic mass is 32.2. The van der Waals surface area contributed by atoms with Crippen LogP contribution in [0.3, 0.4) is 0 Å². The first-order chi connectivity index (χ1) is 16.2. The van der Waals surface area contributed by atoms with Gasteiger partial charge in [0.2, 0.25) is 0 Å². The van der Waals surface area contributed by atoms with Crippen LogP contribution in [-0.4, -0.2) is 48.8 Å². The maximum absolute atomic E-state index is 12.7. The normalized spacial score (nSPS) is 14.9. The lowest BCUT2D eigenvalue weighted by molar-refractivity contribution is -0.122. The fraction of sp³-hybridized carbons (Fsp3) is 0.292. The molecule has 1 saturated heterocycles. The topological polar surface area (TPSA) is 84.9 Å². The van der Waals surface area contributed by atoms with Gasteiger partial charge in [-0.25, -0.2) is 0 Å². The van der Waals surface area contributed by atoms with Crippen molar-refractivity contribution in [1.82, 2.24) is 10.2 Å². The van der Waals surface area contributed by atoms with Crippen molar-refractivity contribution in [1.29, 1.82) is 0 Å². The average Bonchev–Trinajstić information content (AvgIpc) is 3.06. The van der Waals surface area contributed by atoms with Gasteiger partial charge in [-0.05, 0) is 59.1 Å². The van der Waals surface area contributed by atoms with Crippen LogP contribution in [0.25, 0.3) is 6.08 Å². The Hall–Kier alpha value is -3.40. The number of amides is 3. The lowest BCUT2D eigenvalue weighted by Crippen LogP contribution is -2.37. The predicted octanol–water partition coefficient (Wildman–Crippen LogP) is 4.89. The van der Waals surface area contributed by atoms with Gasteiger partial charge in [-0.2, -0.15) is 8.78 Å². The van der Waals surface area contributed by atoms with Gasteiger partial charge in [0.25, 0.3) is 17.1 Å². The zero-order chi connectivity index (χ0) is 24.8. The fourth-order valence-electron chi connectivity index (χ4n) is 3.21. The molecule has 0 atom stereocenters. The molecule has 10 heteroatoms. The quantitative estimate of drug-likeness (QED) is 0.504. The molecule has 1 aliphatic rings. The summed E-state index contributed by atoms with van der Waals surface area (Å²) in [5, 5.41) is 2.25. The van der Waals surface area contributed by atoms with Gasteiger partial charge in [-0.1, -0.05) is 32.0 Å². The second kappa shape index (κ2) is 11.1. The minimum atomic E-state index is -3.00. The molecule has 0 saturated carbocycles. The molecule has 3 rings (SSSR count). The molecule has 0 radical (unpaired) electrons. The van der Waals surface area contributed by atoms with Crippen molar-refractivity contribution in [2.75, 3.05) is 20.2 Å². The number of nitrogens with zero attached hydrogens (tertiary/aromatic N) is 1. The van der Waals surface area contributed by atoms with Gasteiger partial charge in [-0.15, -0.1) is 0 Å². The third-order valence-corrected chi connectivity index (χ3v) is 5.94. The van der Waals surface area contributed by atoms with Crippen LogP contribution < -0.4 is 14.8 Å². The molecule has 34 heavy (non-hydrogen) atoms. The Labute approximate surface area is 200 Å². The fourth-order valence-corrected chi connectivity index (χ4v) is 4.08. The first kappa shape index (κ1) is 25.2. The number of alkyl halides is 2. The Balaban J connectivity index is 1.61. The lowest BCUT2D eigenvalue weighted by Gasteiger charge is -2.13. The maximum atomic E-state index is 12.7. The van der Waals surface area contributed by atoms with Gasteiger partial charge in [0, 0.05) is 18.7 Å². The lowest BCUT2D eigenvalue weighted by atomic mass is 10.0. The van der Waals surface area contributed by atoms with Crippen LogP contribution in [0, 0.1) is 0 Å². The number of rotatable bonds is 9. The maximum Gasteiger partial charge on any atom is 0.387 e. The van der Waals surface area contributed by atoms with E-state index in [1.54, 1.807) is 12.1 Å². The van der Waals surface area contributed by atoms with E-state index in [1.807, 2.05) is 12.1 Å². The molecule has 0 spiro atoms. The second-order valence-corrected chi connectivity index (χ2v) is 8.65. The molecule has 2 aromatic carbocycles. The predicted molar refractivity (Wildman–Crippen MR) is 125 cm³/mol. The largest absolute Gasteiger partial charge is 0.493 e. The summed E-state index contributed by atoms with van der Waals surface area (Å²) in [7, 11) is 1.30. The summed E-state index contributed by atoms with van der Waals surface area (Å²) in [6.07, 6.45) is 1.47. The third-order valence-electron chi connectivity index (χ3n) is 5.04. The summed E-state index contributed by atoms with van der Waals surface area (Å²) in [6.45, 7) is 1.24. The Morgan fingerprint density at radius 1 is 1.12 bits per heavy atom. The second-order valence-electron chi connectivity index (χ2n) is 7.65. The van der Waals surface area contributed by atoms with Gasteiger partial charge < -0.3 is 14.8 Å². The highest BCUT2D eigenvalue weighted by Crippen LogP contribution is 2.34. The Morgan fingerprint density at radius 2 is 1.82 bits per heavy atom. The van der Waals surface area contributed by atoms with Crippen LogP contribution in [0.5, 0.6) is 11.5 Å². The molecule has 0 aliphatic carbocycles. The Bertz CT molecular complexity index is 1100. The SMILES string of the molecule is COc1cc(/C=C2\SC(=O)N(CCNC(=O)c3ccc(C(C)C)cc3)C2=O)ccc1OC(F)F. The Kier molecular flexibility index (Phi) is 8.27. The highest BCUT2D eigenvalue weighted by Gasteiger charge is 2.34. The molecule has 1 N–H and O–H groups in total. The number of thioether (sulfide) groups is 1. The summed E-state index contributed by atoms with van der Waals surface area (Å²) in [6, 6.07) is 11.4. The molecule has 1 aliphatic heterocycles. The van der Waals surface area contributed by atoms with Crippen LogP contribution in [0.1, 0.15) is 41.3 Å². The number of imide groups is 1. The number of halogens is 2. The van der Waals surface area contributed by atoms with Crippen LogP contribution in [0.4, 0.5) is 13.6 Å². The number of benzene rings is 2. The minimum Gasteiger partial charge on any atom is -0.493 e. The van der Waals surface area contributed by atoms with Gasteiger partial charge in [0.15, 0.2) is 11.5 Å². The summed E-state index contributed by atoms with van der Waals surface area (Å²) in [4.78, 5) is 38.6. The highest BCUT2D eigenvalue weighted by molar-refractivity contribution is 8.18. The number of nitrogens with one attached hydrogen (secondary N) is 1. The van der Waals surface area contributed by atoms with E-state index in [9.17, 15) is 23.2 Å². The van der Waals surface area contributed by atoms with Crippen LogP contribution in [-0.2, 0) is 4.79 Å². The third kappa shape index (κ3) is 6.13. The zero-order valence-corrected chi connectivity index (χ0v) is 19.7. The van der Waals surface area contributed by atoms with E-state index in [-0.39, 0.29) is 35.4 Å². The van der Waals surface area contributed by atoms with E-state index >= 15 is 0 Å². The molecule has 0 bridgehead atoms. The first-order valence-corrected chi connectivity index (χ1v) is 11.3. The number of carbonyl (C=O) groups is 3. The van der Waals surface area contributed by atoms with E-state index in [0.29, 0.717) is 17.0 Å². The van der Waals surface area contributed by atoms with Crippen molar-refractivity contribution in [2.24, 2.45) is 0 Å². The molecular weight excluding hydrogens is 466 g/mol. The smallest absolute Gasteiger partial charge is 0.387 e. The van der Waals surface area contributed by atoms with E-state index < -0.39 is 17.8 Å². The molecule has 0 unspecified atom stereocenters. The van der Waals surface area contributed by atoms with Crippen molar-refractivity contribution in [2.45, 2.75) is 26.4 Å². The molecular formula is C24H24F2N2O5S. The van der Waals surface area contributed by atoms with Crippen LogP contribution in [0.2, 0.25) is 0 Å². The molecule has 3 amide bonds. The van der Waals surface area contributed by atoms with Crippen molar-refractivity contribution in [3.8, 4) is 11.5 Å². The molecule has 7 nitrogen and oxygen atoms in total. The molecule has 0 aromatic heterocycles. The monoisotopic (exact) mass is 490 g/mol. The van der Waals surface area contributed by atoms with Gasteiger partial charge >= 0.3 is 6.61 Å². The van der Waals surface area contributed by atoms with Crippen molar-refractivity contribution in [3.63, 3.8) is 0 Å². The van der Waals surface area contributed by atoms with Crippen molar-refractivity contribution >= 4 is 34.9 Å². The molecule has 180 valence electrons. The van der Waals surface area contributed by atoms with Gasteiger partial charge in [0.1, 0.15) is 0 Å². The number of carbonyl (C=O) groups excluding carboxylic acids is 3. The van der Waals surface area contributed by atoms with Crippen LogP contribution in [0.15, 0.2) is 47.4 Å². The number of ether oxygens (including phenoxy) is 2. The molecule has 1 heterocycles. The van der Waals surface area contributed by atoms with E-state index in [2.05, 4.69) is 23.9 Å². The van der Waals surface area contributed by atoms with Crippen molar-refractivity contribution in [3.05, 3.63) is 64.1 Å². The standard InChI is InChI=1S/C24H24F2N2O5S/c1-14(2)16-5-7-17(8-6-16)21(29)27-10-11-28-22(30)20(34-24(28)31)13-15-4-9-18(33-23(25)26)19(12-15)32-3/h4-9,12-14,23H,10-11H2,1-3H3,(H,27,29)/b20-13-. The van der Waals surface area contributed by atoms with Crippen LogP contribution >= 0.6 is 11.8 Å². The summed E-state index contributed by atoms with van der Waals surface area (Å²) < 4.78 is 34.4. The number of methoxy groups -OCH3 is 1. The average molecular weight is 491 g/mol. The van der Waals surface area contributed by atoms with Gasteiger partial charge in [-0.3, -0.25) is 19.3 Å². The van der Waals surface area contributed by atoms with E-state index in [1.165, 1.54) is 31.4 Å². The van der Waals surface area contributed by atoms with Crippen molar-refractivity contribution < 1.29 is 32.6 Å². The molecule has 2 aromatic rings. The zero-order valence-electron chi connectivity index (χ0n) is 18.8. The Morgan fingerprint density at radius 3 is 2.44 bits per heavy atom. The minimum absolute atomic E-state index is 0.0162. The van der Waals surface area contributed by atoms with E-state index in [4.69, 9.17) is 4.74 Å². The summed E-state index contributed by atoms with van der Waals surface area (Å²) in [5.41, 5.74) is 2.09. The number of hydrogen-bond donors (Lipinski definition) is 1. The molecule has 1 fully saturated rings. The van der Waals surface area contributed by atoms with E-state index in [0.717, 1.165) is 22.2 Å². The first-order valence-electron chi connectivity index (χ1n) is 10.5. The number of hydrogen-bond acceptors (Lipinski definition) is 6.